The van der Waals surface area contributed by atoms with Gasteiger partial charge in [-0.2, -0.15) is 18.2 Å². The number of aromatic nitrogens is 4. The first kappa shape index (κ1) is 34.5. The van der Waals surface area contributed by atoms with Gasteiger partial charge in [-0.3, -0.25) is 29.1 Å². The number of nitrogen functional groups attached to an aromatic ring is 1. The molecular weight excluding hydrogens is 605 g/mol. The third kappa shape index (κ3) is 9.77. The van der Waals surface area contributed by atoms with E-state index in [0.717, 1.165) is 37.6 Å². The van der Waals surface area contributed by atoms with Crippen LogP contribution in [0.1, 0.15) is 41.7 Å². The van der Waals surface area contributed by atoms with Crippen LogP contribution in [0, 0.1) is 0 Å². The van der Waals surface area contributed by atoms with Crippen molar-refractivity contribution in [1.82, 2.24) is 25.3 Å². The van der Waals surface area contributed by atoms with Crippen molar-refractivity contribution in [2.45, 2.75) is 44.4 Å². The van der Waals surface area contributed by atoms with Gasteiger partial charge in [-0.1, -0.05) is 0 Å². The maximum absolute atomic E-state index is 13.5. The highest BCUT2D eigenvalue weighted by Crippen LogP contribution is 2.26. The van der Waals surface area contributed by atoms with Crippen molar-refractivity contribution >= 4 is 46.4 Å². The molecule has 0 fully saturated rings. The zero-order chi connectivity index (χ0) is 33.1. The van der Waals surface area contributed by atoms with Gasteiger partial charge in [0.25, 0.3) is 11.5 Å². The lowest BCUT2D eigenvalue weighted by molar-refractivity contribution is -0.170. The summed E-state index contributed by atoms with van der Waals surface area (Å²) in [5, 5.41) is 2.45. The van der Waals surface area contributed by atoms with Crippen molar-refractivity contribution in [2.24, 2.45) is 5.73 Å². The van der Waals surface area contributed by atoms with Crippen molar-refractivity contribution in [1.29, 1.82) is 0 Å². The largest absolute Gasteiger partial charge is 0.471 e. The summed E-state index contributed by atoms with van der Waals surface area (Å²) in [4.78, 5) is 76.1. The summed E-state index contributed by atoms with van der Waals surface area (Å²) in [5.41, 5.74) is 9.08. The SMILES string of the molecule is COC(=O)[C@H](CCC(=O)CCCOCCN)NC(=O)c1ccc(N(Cc2cnc3nc(N)[nH]c(=O)c3n2)C(=O)C(F)(F)F)cc1. The molecule has 15 nitrogen and oxygen atoms in total. The molecule has 0 bridgehead atoms. The monoisotopic (exact) mass is 636 g/mol. The fourth-order valence-corrected chi connectivity index (χ4v) is 4.06. The van der Waals surface area contributed by atoms with Crippen molar-refractivity contribution in [3.05, 3.63) is 52.1 Å². The zero-order valence-corrected chi connectivity index (χ0v) is 24.1. The number of carbonyl (C=O) groups is 4. The van der Waals surface area contributed by atoms with E-state index in [1.54, 1.807) is 0 Å². The Morgan fingerprint density at radius 3 is 2.44 bits per heavy atom. The van der Waals surface area contributed by atoms with Crippen LogP contribution in [0.5, 0.6) is 0 Å². The number of esters is 1. The number of H-pyrrole nitrogens is 1. The first-order valence-corrected chi connectivity index (χ1v) is 13.5. The molecule has 1 atom stereocenters. The highest BCUT2D eigenvalue weighted by atomic mass is 19.4. The molecule has 0 saturated heterocycles. The molecular formula is C27H31F3N8O7. The van der Waals surface area contributed by atoms with Crippen LogP contribution in [-0.4, -0.2) is 82.6 Å². The molecule has 0 spiro atoms. The van der Waals surface area contributed by atoms with Gasteiger partial charge in [-0.25, -0.2) is 14.8 Å². The molecule has 2 heterocycles. The van der Waals surface area contributed by atoms with Crippen molar-refractivity contribution < 1.29 is 41.8 Å². The average molecular weight is 637 g/mol. The highest BCUT2D eigenvalue weighted by molar-refractivity contribution is 5.99. The van der Waals surface area contributed by atoms with Crippen molar-refractivity contribution in [2.75, 3.05) is 37.5 Å². The summed E-state index contributed by atoms with van der Waals surface area (Å²) in [6.07, 6.45) is -3.65. The van der Waals surface area contributed by atoms with E-state index in [9.17, 15) is 37.1 Å². The number of nitrogens with zero attached hydrogens (tertiary/aromatic N) is 4. The van der Waals surface area contributed by atoms with E-state index in [1.807, 2.05) is 0 Å². The van der Waals surface area contributed by atoms with E-state index < -0.39 is 42.1 Å². The predicted octanol–water partition coefficient (Wildman–Crippen LogP) is 0.767. The van der Waals surface area contributed by atoms with Gasteiger partial charge in [0.1, 0.15) is 11.8 Å². The lowest BCUT2D eigenvalue weighted by Crippen LogP contribution is -2.42. The number of ketones is 1. The Kier molecular flexibility index (Phi) is 12.0. The standard InChI is InChI=1S/C27H31F3N8O7/c1-44-24(42)19(9-8-18(39)3-2-11-45-12-10-31)35-22(40)15-4-6-17(7-5-15)38(25(43)27(28,29)30)14-16-13-33-21-20(34-16)23(41)37-26(32)36-21/h4-7,13,19H,2-3,8-12,14,31H2,1H3,(H,35,40)(H3,32,33,36,37,41)/t19-/m0/s1. The lowest BCUT2D eigenvalue weighted by atomic mass is 10.1. The first-order chi connectivity index (χ1) is 21.3. The summed E-state index contributed by atoms with van der Waals surface area (Å²) in [6.45, 7) is 0.343. The van der Waals surface area contributed by atoms with Gasteiger partial charge >= 0.3 is 18.1 Å². The molecule has 2 aromatic heterocycles. The number of ether oxygens (including phenoxy) is 2. The first-order valence-electron chi connectivity index (χ1n) is 13.5. The minimum absolute atomic E-state index is 0.0304. The fraction of sp³-hybridized carbons (Fsp3) is 0.407. The van der Waals surface area contributed by atoms with E-state index in [-0.39, 0.29) is 59.1 Å². The number of methoxy groups -OCH3 is 1. The van der Waals surface area contributed by atoms with Crippen LogP contribution < -0.4 is 27.2 Å². The summed E-state index contributed by atoms with van der Waals surface area (Å²) < 4.78 is 50.5. The molecule has 0 aliphatic carbocycles. The van der Waals surface area contributed by atoms with E-state index in [0.29, 0.717) is 31.1 Å². The summed E-state index contributed by atoms with van der Waals surface area (Å²) in [6, 6.07) is 3.29. The number of nitrogens with one attached hydrogen (secondary N) is 2. The predicted molar refractivity (Wildman–Crippen MR) is 153 cm³/mol. The van der Waals surface area contributed by atoms with Crippen molar-refractivity contribution in [3.8, 4) is 0 Å². The molecule has 0 radical (unpaired) electrons. The minimum atomic E-state index is -5.28. The number of benzene rings is 1. The number of hydrogen-bond acceptors (Lipinski definition) is 12. The second-order valence-electron chi connectivity index (χ2n) is 9.55. The Morgan fingerprint density at radius 2 is 1.80 bits per heavy atom. The summed E-state index contributed by atoms with van der Waals surface area (Å²) in [7, 11) is 1.11. The van der Waals surface area contributed by atoms with Gasteiger partial charge < -0.3 is 26.3 Å². The number of alkyl halides is 3. The number of amides is 2. The zero-order valence-electron chi connectivity index (χ0n) is 24.1. The number of nitrogens with two attached hydrogens (primary N) is 2. The van der Waals surface area contributed by atoms with E-state index in [4.69, 9.17) is 20.9 Å². The Labute approximate surface area is 253 Å². The normalized spacial score (nSPS) is 12.0. The van der Waals surface area contributed by atoms with E-state index in [2.05, 4.69) is 25.3 Å². The second kappa shape index (κ2) is 15.7. The quantitative estimate of drug-likeness (QED) is 0.134. The molecule has 0 saturated carbocycles. The van der Waals surface area contributed by atoms with Crippen LogP contribution in [0.2, 0.25) is 0 Å². The van der Waals surface area contributed by atoms with Gasteiger partial charge in [-0.05, 0) is 37.1 Å². The maximum atomic E-state index is 13.5. The van der Waals surface area contributed by atoms with Crippen LogP contribution in [0.3, 0.4) is 0 Å². The molecule has 1 aromatic carbocycles. The van der Waals surface area contributed by atoms with E-state index in [1.165, 1.54) is 0 Å². The number of anilines is 2. The molecule has 45 heavy (non-hydrogen) atoms. The lowest BCUT2D eigenvalue weighted by Gasteiger charge is -2.24. The number of carbonyl (C=O) groups excluding carboxylic acids is 4. The van der Waals surface area contributed by atoms with Crippen LogP contribution >= 0.6 is 0 Å². The number of aromatic amines is 1. The summed E-state index contributed by atoms with van der Waals surface area (Å²) in [5.74, 6) is -4.21. The molecule has 0 aliphatic rings. The molecule has 2 amide bonds. The number of rotatable bonds is 15. The topological polar surface area (TPSA) is 226 Å². The van der Waals surface area contributed by atoms with Crippen molar-refractivity contribution in [3.63, 3.8) is 0 Å². The molecule has 3 aromatic rings. The van der Waals surface area contributed by atoms with Crippen LogP contribution in [0.4, 0.5) is 24.8 Å². The Bertz CT molecular complexity index is 1580. The molecule has 0 aliphatic heterocycles. The highest BCUT2D eigenvalue weighted by Gasteiger charge is 2.43. The molecule has 3 rings (SSSR count). The Balaban J connectivity index is 1.74. The van der Waals surface area contributed by atoms with Crippen LogP contribution in [0.15, 0.2) is 35.3 Å². The molecule has 242 valence electrons. The number of fused-ring (bicyclic) bond motifs is 1. The smallest absolute Gasteiger partial charge is 0.467 e. The fourth-order valence-electron chi connectivity index (χ4n) is 4.06. The summed E-state index contributed by atoms with van der Waals surface area (Å²) >= 11 is 0. The van der Waals surface area contributed by atoms with Crippen LogP contribution in [-0.2, 0) is 30.4 Å². The molecule has 6 N–H and O–H groups in total. The molecule has 0 unspecified atom stereocenters. The Hall–Kier alpha value is -4.97. The van der Waals surface area contributed by atoms with Crippen LogP contribution in [0.25, 0.3) is 11.2 Å². The molecule has 18 heteroatoms. The average Bonchev–Trinajstić information content (AvgIpc) is 3.00. The second-order valence-corrected chi connectivity index (χ2v) is 9.55. The Morgan fingerprint density at radius 1 is 1.09 bits per heavy atom. The maximum Gasteiger partial charge on any atom is 0.471 e. The van der Waals surface area contributed by atoms with Gasteiger partial charge in [0.15, 0.2) is 11.2 Å². The third-order valence-corrected chi connectivity index (χ3v) is 6.24. The number of Topliss-reactive ketones (excluding diaryl/α,β-unsaturated/α-hetero) is 1. The number of halogens is 3. The van der Waals surface area contributed by atoms with Gasteiger partial charge in [0.05, 0.1) is 32.2 Å². The van der Waals surface area contributed by atoms with E-state index >= 15 is 0 Å². The minimum Gasteiger partial charge on any atom is -0.467 e. The van der Waals surface area contributed by atoms with Gasteiger partial charge in [0, 0.05) is 37.2 Å². The van der Waals surface area contributed by atoms with Gasteiger partial charge in [-0.15, -0.1) is 0 Å². The van der Waals surface area contributed by atoms with Gasteiger partial charge in [0.2, 0.25) is 5.95 Å². The number of hydrogen-bond donors (Lipinski definition) is 4. The third-order valence-electron chi connectivity index (χ3n) is 6.24.